The van der Waals surface area contributed by atoms with E-state index in [9.17, 15) is 24.0 Å². The Bertz CT molecular complexity index is 1390. The van der Waals surface area contributed by atoms with Gasteiger partial charge >= 0.3 is 0 Å². The second-order valence-corrected chi connectivity index (χ2v) is 9.51. The number of ether oxygens (including phenoxy) is 1. The molecule has 4 N–H and O–H groups in total. The number of hydrogen-bond acceptors (Lipinski definition) is 7. The Morgan fingerprint density at radius 2 is 1.97 bits per heavy atom. The summed E-state index contributed by atoms with van der Waals surface area (Å²) in [5.41, 5.74) is 1.10. The summed E-state index contributed by atoms with van der Waals surface area (Å²) in [6, 6.07) is 8.72. The summed E-state index contributed by atoms with van der Waals surface area (Å²) in [5, 5.41) is 6.59. The van der Waals surface area contributed by atoms with Crippen LogP contribution >= 0.6 is 0 Å². The summed E-state index contributed by atoms with van der Waals surface area (Å²) in [7, 11) is 1.55. The first-order valence-corrected chi connectivity index (χ1v) is 12.5. The third-order valence-electron chi connectivity index (χ3n) is 6.52. The molecule has 3 heterocycles. The third-order valence-corrected chi connectivity index (χ3v) is 6.52. The topological polar surface area (TPSA) is 153 Å². The van der Waals surface area contributed by atoms with Crippen LogP contribution in [0.4, 0.5) is 0 Å². The van der Waals surface area contributed by atoms with Crippen molar-refractivity contribution in [3.63, 3.8) is 0 Å². The Kier molecular flexibility index (Phi) is 8.37. The van der Waals surface area contributed by atoms with Crippen LogP contribution in [-0.2, 0) is 20.8 Å². The van der Waals surface area contributed by atoms with E-state index in [-0.39, 0.29) is 24.4 Å². The standard InChI is InChI=1S/C27H31N5O6/c1-16(11-18(15-33)30-26(36)22-13-19-20(31-22)6-3-7-23(19)38-2)14-29-21(24(34)27(37)32-9-10-32)12-17-5-4-8-28-25(17)35/h3-8,13,15-16,18,21,29,31H,9-12,14H2,1-2H3,(H,28,35)(H,30,36). The Balaban J connectivity index is 1.37. The van der Waals surface area contributed by atoms with Gasteiger partial charge in [0.1, 0.15) is 17.7 Å². The number of fused-ring (bicyclic) bond motifs is 1. The second-order valence-electron chi connectivity index (χ2n) is 9.51. The van der Waals surface area contributed by atoms with Crippen LogP contribution in [0.1, 0.15) is 29.4 Å². The van der Waals surface area contributed by atoms with Crippen molar-refractivity contribution in [1.82, 2.24) is 25.5 Å². The van der Waals surface area contributed by atoms with Crippen molar-refractivity contribution in [1.29, 1.82) is 0 Å². The Morgan fingerprint density at radius 1 is 1.18 bits per heavy atom. The lowest BCUT2D eigenvalue weighted by Gasteiger charge is -2.22. The molecule has 2 amide bonds. The summed E-state index contributed by atoms with van der Waals surface area (Å²) in [6.07, 6.45) is 2.53. The molecule has 1 fully saturated rings. The van der Waals surface area contributed by atoms with Crippen molar-refractivity contribution in [2.24, 2.45) is 5.92 Å². The minimum atomic E-state index is -0.889. The molecule has 38 heavy (non-hydrogen) atoms. The van der Waals surface area contributed by atoms with Crippen LogP contribution in [0, 0.1) is 5.92 Å². The predicted molar refractivity (Wildman–Crippen MR) is 140 cm³/mol. The van der Waals surface area contributed by atoms with Gasteiger partial charge in [-0.3, -0.25) is 19.2 Å². The molecule has 1 aromatic carbocycles. The zero-order chi connectivity index (χ0) is 27.2. The van der Waals surface area contributed by atoms with Gasteiger partial charge in [0.15, 0.2) is 0 Å². The highest BCUT2D eigenvalue weighted by Crippen LogP contribution is 2.26. The van der Waals surface area contributed by atoms with Crippen LogP contribution in [0.2, 0.25) is 0 Å². The normalized spacial score (nSPS) is 14.9. The van der Waals surface area contributed by atoms with Crippen molar-refractivity contribution in [2.75, 3.05) is 26.7 Å². The van der Waals surface area contributed by atoms with Gasteiger partial charge in [-0.15, -0.1) is 0 Å². The Morgan fingerprint density at radius 3 is 2.66 bits per heavy atom. The number of hydrogen-bond donors (Lipinski definition) is 4. The highest BCUT2D eigenvalue weighted by atomic mass is 16.5. The van der Waals surface area contributed by atoms with Crippen molar-refractivity contribution >= 4 is 34.8 Å². The average molecular weight is 522 g/mol. The van der Waals surface area contributed by atoms with E-state index in [2.05, 4.69) is 20.6 Å². The van der Waals surface area contributed by atoms with Crippen molar-refractivity contribution in [2.45, 2.75) is 31.8 Å². The molecule has 1 saturated heterocycles. The minimum absolute atomic E-state index is 0.0546. The number of nitrogens with one attached hydrogen (secondary N) is 4. The van der Waals surface area contributed by atoms with Crippen LogP contribution < -0.4 is 20.9 Å². The van der Waals surface area contributed by atoms with Crippen LogP contribution in [-0.4, -0.2) is 77.6 Å². The second kappa shape index (κ2) is 11.9. The van der Waals surface area contributed by atoms with Gasteiger partial charge in [0.05, 0.1) is 19.2 Å². The van der Waals surface area contributed by atoms with Crippen molar-refractivity contribution in [3.8, 4) is 5.75 Å². The maximum atomic E-state index is 12.9. The fourth-order valence-corrected chi connectivity index (χ4v) is 4.34. The molecule has 0 saturated carbocycles. The van der Waals surface area contributed by atoms with Crippen molar-refractivity contribution in [3.05, 3.63) is 64.2 Å². The smallest absolute Gasteiger partial charge is 0.291 e. The van der Waals surface area contributed by atoms with E-state index in [1.807, 2.05) is 19.1 Å². The third kappa shape index (κ3) is 6.35. The quantitative estimate of drug-likeness (QED) is 0.147. The van der Waals surface area contributed by atoms with Crippen LogP contribution in [0.3, 0.4) is 0 Å². The van der Waals surface area contributed by atoms with Gasteiger partial charge in [-0.1, -0.05) is 19.1 Å². The fraction of sp³-hybridized carbons (Fsp3) is 0.370. The maximum Gasteiger partial charge on any atom is 0.291 e. The van der Waals surface area contributed by atoms with E-state index in [0.717, 1.165) is 10.9 Å². The van der Waals surface area contributed by atoms with Gasteiger partial charge < -0.3 is 35.0 Å². The molecule has 1 aliphatic rings. The molecule has 200 valence electrons. The summed E-state index contributed by atoms with van der Waals surface area (Å²) < 4.78 is 5.33. The van der Waals surface area contributed by atoms with Crippen molar-refractivity contribution < 1.29 is 23.9 Å². The molecule has 3 aromatic rings. The van der Waals surface area contributed by atoms with Crippen LogP contribution in [0.5, 0.6) is 5.75 Å². The number of nitrogens with zero attached hydrogens (tertiary/aromatic N) is 1. The molecule has 4 rings (SSSR count). The molecule has 2 aromatic heterocycles. The number of methoxy groups -OCH3 is 1. The number of carbonyl (C=O) groups is 4. The molecule has 3 atom stereocenters. The average Bonchev–Trinajstić information content (AvgIpc) is 3.68. The highest BCUT2D eigenvalue weighted by Gasteiger charge is 2.34. The molecule has 3 unspecified atom stereocenters. The fourth-order valence-electron chi connectivity index (χ4n) is 4.34. The SMILES string of the molecule is COc1cccc2[nH]c(C(=O)NC(C=O)CC(C)CNC(Cc3ccc[nH]c3=O)C(=O)C(=O)N3CC3)cc12. The van der Waals surface area contributed by atoms with Gasteiger partial charge in [0.2, 0.25) is 5.78 Å². The summed E-state index contributed by atoms with van der Waals surface area (Å²) >= 11 is 0. The number of pyridine rings is 1. The van der Waals surface area contributed by atoms with E-state index in [4.69, 9.17) is 4.74 Å². The summed E-state index contributed by atoms with van der Waals surface area (Å²) in [4.78, 5) is 69.0. The summed E-state index contributed by atoms with van der Waals surface area (Å²) in [6.45, 7) is 3.25. The van der Waals surface area contributed by atoms with Gasteiger partial charge in [-0.2, -0.15) is 0 Å². The zero-order valence-corrected chi connectivity index (χ0v) is 21.3. The van der Waals surface area contributed by atoms with E-state index in [1.54, 1.807) is 31.4 Å². The van der Waals surface area contributed by atoms with Crippen LogP contribution in [0.15, 0.2) is 47.4 Å². The molecule has 11 heteroatoms. The van der Waals surface area contributed by atoms with E-state index < -0.39 is 29.7 Å². The molecule has 0 spiro atoms. The number of benzene rings is 1. The van der Waals surface area contributed by atoms with Crippen LogP contribution in [0.25, 0.3) is 10.9 Å². The molecular weight excluding hydrogens is 490 g/mol. The number of amides is 2. The predicted octanol–water partition coefficient (Wildman–Crippen LogP) is 0.800. The first-order chi connectivity index (χ1) is 18.3. The number of ketones is 1. The number of rotatable bonds is 13. The number of Topliss-reactive ketones (excluding diaryl/α,β-unsaturated/α-hetero) is 1. The number of H-pyrrole nitrogens is 2. The molecule has 0 aliphatic carbocycles. The lowest BCUT2D eigenvalue weighted by atomic mass is 9.99. The first kappa shape index (κ1) is 26.8. The minimum Gasteiger partial charge on any atom is -0.496 e. The molecular formula is C27H31N5O6. The molecule has 1 aliphatic heterocycles. The largest absolute Gasteiger partial charge is 0.496 e. The molecule has 0 radical (unpaired) electrons. The molecule has 11 nitrogen and oxygen atoms in total. The lowest BCUT2D eigenvalue weighted by molar-refractivity contribution is -0.142. The zero-order valence-electron chi connectivity index (χ0n) is 21.3. The number of aromatic amines is 2. The Labute approximate surface area is 218 Å². The number of aromatic nitrogens is 2. The number of aldehydes is 1. The van der Waals surface area contributed by atoms with Gasteiger partial charge in [-0.05, 0) is 43.1 Å². The summed E-state index contributed by atoms with van der Waals surface area (Å²) in [5.74, 6) is -1.12. The monoisotopic (exact) mass is 521 g/mol. The Hall–Kier alpha value is -4.25. The van der Waals surface area contributed by atoms with Gasteiger partial charge in [0, 0.05) is 42.2 Å². The highest BCUT2D eigenvalue weighted by molar-refractivity contribution is 6.38. The van der Waals surface area contributed by atoms with E-state index in [1.165, 1.54) is 11.1 Å². The van der Waals surface area contributed by atoms with E-state index in [0.29, 0.717) is 42.8 Å². The maximum absolute atomic E-state index is 12.9. The van der Waals surface area contributed by atoms with E-state index >= 15 is 0 Å². The lowest BCUT2D eigenvalue weighted by Crippen LogP contribution is -2.47. The first-order valence-electron chi connectivity index (χ1n) is 12.5. The van der Waals surface area contributed by atoms with Gasteiger partial charge in [0.25, 0.3) is 17.4 Å². The molecule has 0 bridgehead atoms. The number of carbonyl (C=O) groups excluding carboxylic acids is 4. The van der Waals surface area contributed by atoms with Gasteiger partial charge in [-0.25, -0.2) is 0 Å².